The van der Waals surface area contributed by atoms with Crippen molar-refractivity contribution in [1.82, 2.24) is 14.7 Å². The van der Waals surface area contributed by atoms with Crippen molar-refractivity contribution < 1.29 is 4.42 Å². The van der Waals surface area contributed by atoms with E-state index in [9.17, 15) is 0 Å². The zero-order chi connectivity index (χ0) is 14.8. The van der Waals surface area contributed by atoms with Crippen molar-refractivity contribution in [3.05, 3.63) is 23.7 Å². The third-order valence-electron chi connectivity index (χ3n) is 5.07. The van der Waals surface area contributed by atoms with Crippen molar-refractivity contribution in [3.8, 4) is 0 Å². The van der Waals surface area contributed by atoms with Gasteiger partial charge in [-0.1, -0.05) is 6.92 Å². The monoisotopic (exact) mass is 291 g/mol. The van der Waals surface area contributed by atoms with Gasteiger partial charge in [0.25, 0.3) is 0 Å². The van der Waals surface area contributed by atoms with Gasteiger partial charge in [-0.3, -0.25) is 9.80 Å². The molecule has 0 unspecified atom stereocenters. The molecule has 1 aromatic heterocycles. The van der Waals surface area contributed by atoms with Crippen LogP contribution in [0.1, 0.15) is 31.3 Å². The molecule has 2 aliphatic rings. The van der Waals surface area contributed by atoms with E-state index in [1.807, 2.05) is 0 Å². The highest BCUT2D eigenvalue weighted by molar-refractivity contribution is 5.09. The molecule has 0 saturated carbocycles. The molecule has 0 spiro atoms. The molecular formula is C17H29N3O. The van der Waals surface area contributed by atoms with Gasteiger partial charge in [-0.05, 0) is 39.1 Å². The van der Waals surface area contributed by atoms with Crippen LogP contribution in [0.4, 0.5) is 0 Å². The van der Waals surface area contributed by atoms with E-state index in [1.165, 1.54) is 39.0 Å². The molecule has 3 rings (SSSR count). The van der Waals surface area contributed by atoms with Gasteiger partial charge < -0.3 is 9.32 Å². The van der Waals surface area contributed by atoms with Gasteiger partial charge in [0.2, 0.25) is 0 Å². The summed E-state index contributed by atoms with van der Waals surface area (Å²) in [6, 6.07) is 5.79. The summed E-state index contributed by atoms with van der Waals surface area (Å²) in [5.74, 6) is 2.25. The molecule has 2 fully saturated rings. The maximum absolute atomic E-state index is 5.89. The predicted octanol–water partition coefficient (Wildman–Crippen LogP) is 2.05. The molecule has 4 nitrogen and oxygen atoms in total. The Hall–Kier alpha value is -0.840. The molecule has 21 heavy (non-hydrogen) atoms. The molecular weight excluding hydrogens is 262 g/mol. The van der Waals surface area contributed by atoms with E-state index < -0.39 is 0 Å². The van der Waals surface area contributed by atoms with Crippen molar-refractivity contribution in [1.29, 1.82) is 0 Å². The van der Waals surface area contributed by atoms with Gasteiger partial charge in [-0.2, -0.15) is 0 Å². The molecule has 4 heteroatoms. The molecule has 2 saturated heterocycles. The van der Waals surface area contributed by atoms with Crippen molar-refractivity contribution in [3.63, 3.8) is 0 Å². The summed E-state index contributed by atoms with van der Waals surface area (Å²) in [7, 11) is 4.33. The second kappa shape index (κ2) is 6.51. The molecule has 0 aromatic carbocycles. The predicted molar refractivity (Wildman–Crippen MR) is 85.4 cm³/mol. The minimum Gasteiger partial charge on any atom is -0.465 e. The van der Waals surface area contributed by atoms with E-state index in [0.717, 1.165) is 36.6 Å². The van der Waals surface area contributed by atoms with Gasteiger partial charge in [-0.15, -0.1) is 0 Å². The number of fused-ring (bicyclic) bond motifs is 1. The van der Waals surface area contributed by atoms with Crippen LogP contribution in [-0.4, -0.2) is 67.1 Å². The quantitative estimate of drug-likeness (QED) is 0.800. The highest BCUT2D eigenvalue weighted by atomic mass is 16.3. The Morgan fingerprint density at radius 2 is 1.76 bits per heavy atom. The van der Waals surface area contributed by atoms with Crippen LogP contribution in [0, 0.1) is 0 Å². The Balaban J connectivity index is 1.56. The lowest BCUT2D eigenvalue weighted by atomic mass is 10.1. The molecule has 2 aliphatic heterocycles. The van der Waals surface area contributed by atoms with Gasteiger partial charge in [0.15, 0.2) is 0 Å². The smallest absolute Gasteiger partial charge is 0.118 e. The number of furan rings is 1. The first kappa shape index (κ1) is 15.1. The normalized spacial score (nSPS) is 26.9. The second-order valence-corrected chi connectivity index (χ2v) is 6.74. The average Bonchev–Trinajstić information content (AvgIpc) is 3.15. The highest BCUT2D eigenvalue weighted by Crippen LogP contribution is 2.32. The molecule has 0 radical (unpaired) electrons. The summed E-state index contributed by atoms with van der Waals surface area (Å²) in [6.45, 7) is 7.99. The fourth-order valence-corrected chi connectivity index (χ4v) is 3.86. The number of aryl methyl sites for hydroxylation is 1. The summed E-state index contributed by atoms with van der Waals surface area (Å²) < 4.78 is 5.89. The molecule has 2 atom stereocenters. The van der Waals surface area contributed by atoms with Gasteiger partial charge in [0.05, 0.1) is 6.54 Å². The molecule has 0 N–H and O–H groups in total. The zero-order valence-electron chi connectivity index (χ0n) is 13.7. The first-order valence-electron chi connectivity index (χ1n) is 8.37. The van der Waals surface area contributed by atoms with Gasteiger partial charge in [-0.25, -0.2) is 0 Å². The van der Waals surface area contributed by atoms with Crippen LogP contribution in [-0.2, 0) is 13.0 Å². The SMILES string of the molecule is CCc1ccc(CN2CC[C@H]3[C@H]2CCN3CCN(C)C)o1. The van der Waals surface area contributed by atoms with Crippen molar-refractivity contribution in [2.24, 2.45) is 0 Å². The lowest BCUT2D eigenvalue weighted by Gasteiger charge is -2.26. The van der Waals surface area contributed by atoms with E-state index in [0.29, 0.717) is 0 Å². The van der Waals surface area contributed by atoms with Crippen LogP contribution in [0.25, 0.3) is 0 Å². The van der Waals surface area contributed by atoms with E-state index in [1.54, 1.807) is 0 Å². The van der Waals surface area contributed by atoms with Crippen molar-refractivity contribution in [2.75, 3.05) is 40.3 Å². The van der Waals surface area contributed by atoms with E-state index >= 15 is 0 Å². The molecule has 0 aliphatic carbocycles. The number of nitrogens with zero attached hydrogens (tertiary/aromatic N) is 3. The molecule has 0 bridgehead atoms. The van der Waals surface area contributed by atoms with Crippen LogP contribution in [0.3, 0.4) is 0 Å². The Kier molecular flexibility index (Phi) is 4.67. The first-order valence-corrected chi connectivity index (χ1v) is 8.37. The van der Waals surface area contributed by atoms with E-state index in [-0.39, 0.29) is 0 Å². The maximum atomic E-state index is 5.89. The summed E-state index contributed by atoms with van der Waals surface area (Å²) in [4.78, 5) is 7.62. The van der Waals surface area contributed by atoms with Crippen LogP contribution in [0.5, 0.6) is 0 Å². The summed E-state index contributed by atoms with van der Waals surface area (Å²) in [5.41, 5.74) is 0. The number of likely N-dealkylation sites (N-methyl/N-ethyl adjacent to an activating group) is 1. The fraction of sp³-hybridized carbons (Fsp3) is 0.765. The average molecular weight is 291 g/mol. The van der Waals surface area contributed by atoms with Crippen LogP contribution in [0.15, 0.2) is 16.5 Å². The minimum atomic E-state index is 0.738. The topological polar surface area (TPSA) is 22.9 Å². The molecule has 3 heterocycles. The Labute approximate surface area is 128 Å². The minimum absolute atomic E-state index is 0.738. The number of hydrogen-bond acceptors (Lipinski definition) is 4. The zero-order valence-corrected chi connectivity index (χ0v) is 13.7. The largest absolute Gasteiger partial charge is 0.465 e. The summed E-state index contributed by atoms with van der Waals surface area (Å²) in [5, 5.41) is 0. The van der Waals surface area contributed by atoms with Crippen molar-refractivity contribution in [2.45, 2.75) is 44.8 Å². The van der Waals surface area contributed by atoms with Crippen LogP contribution < -0.4 is 0 Å². The first-order chi connectivity index (χ1) is 10.2. The third-order valence-corrected chi connectivity index (χ3v) is 5.07. The summed E-state index contributed by atoms with van der Waals surface area (Å²) in [6.07, 6.45) is 3.63. The molecule has 0 amide bonds. The van der Waals surface area contributed by atoms with Crippen LogP contribution in [0.2, 0.25) is 0 Å². The van der Waals surface area contributed by atoms with Gasteiger partial charge in [0.1, 0.15) is 11.5 Å². The van der Waals surface area contributed by atoms with Crippen LogP contribution >= 0.6 is 0 Å². The van der Waals surface area contributed by atoms with E-state index in [4.69, 9.17) is 4.42 Å². The Morgan fingerprint density at radius 1 is 1.10 bits per heavy atom. The van der Waals surface area contributed by atoms with Gasteiger partial charge in [0, 0.05) is 44.7 Å². The lowest BCUT2D eigenvalue weighted by molar-refractivity contribution is 0.196. The lowest BCUT2D eigenvalue weighted by Crippen LogP contribution is -2.39. The third kappa shape index (κ3) is 3.33. The second-order valence-electron chi connectivity index (χ2n) is 6.74. The Bertz CT molecular complexity index is 457. The van der Waals surface area contributed by atoms with E-state index in [2.05, 4.69) is 47.9 Å². The maximum Gasteiger partial charge on any atom is 0.118 e. The highest BCUT2D eigenvalue weighted by Gasteiger charge is 2.42. The molecule has 118 valence electrons. The standard InChI is InChI=1S/C17H29N3O/c1-4-14-5-6-15(21-14)13-20-10-8-16-17(20)7-9-19(16)12-11-18(2)3/h5-6,16-17H,4,7-13H2,1-3H3/t16-,17+/m0/s1. The van der Waals surface area contributed by atoms with Gasteiger partial charge >= 0.3 is 0 Å². The summed E-state index contributed by atoms with van der Waals surface area (Å²) >= 11 is 0. The van der Waals surface area contributed by atoms with Crippen molar-refractivity contribution >= 4 is 0 Å². The molecule has 1 aromatic rings. The number of likely N-dealkylation sites (tertiary alicyclic amines) is 2. The Morgan fingerprint density at radius 3 is 2.43 bits per heavy atom. The number of rotatable bonds is 6. The number of hydrogen-bond donors (Lipinski definition) is 0. The fourth-order valence-electron chi connectivity index (χ4n) is 3.86.